The molecule has 2 aromatic rings. The number of hydrogen-bond acceptors (Lipinski definition) is 5. The summed E-state index contributed by atoms with van der Waals surface area (Å²) in [7, 11) is 2.05. The maximum Gasteiger partial charge on any atom is 0.356 e. The predicted molar refractivity (Wildman–Crippen MR) is 88.7 cm³/mol. The van der Waals surface area contributed by atoms with Crippen LogP contribution in [0.15, 0.2) is 31.2 Å². The van der Waals surface area contributed by atoms with E-state index in [-0.39, 0.29) is 11.7 Å². The van der Waals surface area contributed by atoms with E-state index in [0.29, 0.717) is 19.5 Å². The Hall–Kier alpha value is -2.54. The van der Waals surface area contributed by atoms with E-state index >= 15 is 0 Å². The first-order valence-corrected chi connectivity index (χ1v) is 7.98. The minimum absolute atomic E-state index is 0.173. The minimum Gasteiger partial charge on any atom is -0.476 e. The van der Waals surface area contributed by atoms with Gasteiger partial charge in [0.1, 0.15) is 6.33 Å². The van der Waals surface area contributed by atoms with Gasteiger partial charge in [-0.2, -0.15) is 5.10 Å². The van der Waals surface area contributed by atoms with Crippen LogP contribution < -0.4 is 0 Å². The van der Waals surface area contributed by atoms with E-state index < -0.39 is 5.97 Å². The Bertz CT molecular complexity index is 741. The third kappa shape index (κ3) is 3.21. The van der Waals surface area contributed by atoms with Crippen molar-refractivity contribution in [2.45, 2.75) is 38.4 Å². The summed E-state index contributed by atoms with van der Waals surface area (Å²) in [5, 5.41) is 13.7. The summed E-state index contributed by atoms with van der Waals surface area (Å²) in [6.45, 7) is 4.97. The normalized spacial score (nSPS) is 16.8. The quantitative estimate of drug-likeness (QED) is 0.810. The van der Waals surface area contributed by atoms with Crippen LogP contribution in [0, 0.1) is 0 Å². The largest absolute Gasteiger partial charge is 0.476 e. The van der Waals surface area contributed by atoms with E-state index in [9.17, 15) is 9.90 Å². The average molecular weight is 327 g/mol. The molecule has 0 radical (unpaired) electrons. The molecule has 7 nitrogen and oxygen atoms in total. The molecule has 24 heavy (non-hydrogen) atoms. The van der Waals surface area contributed by atoms with Gasteiger partial charge in [0.15, 0.2) is 5.69 Å². The van der Waals surface area contributed by atoms with Gasteiger partial charge in [0.05, 0.1) is 12.2 Å². The smallest absolute Gasteiger partial charge is 0.356 e. The van der Waals surface area contributed by atoms with Crippen molar-refractivity contribution in [1.82, 2.24) is 24.6 Å². The number of aromatic nitrogens is 4. The Morgan fingerprint density at radius 2 is 2.42 bits per heavy atom. The van der Waals surface area contributed by atoms with Crippen molar-refractivity contribution < 1.29 is 9.90 Å². The van der Waals surface area contributed by atoms with Crippen LogP contribution in [0.2, 0.25) is 0 Å². The van der Waals surface area contributed by atoms with E-state index in [2.05, 4.69) is 26.5 Å². The van der Waals surface area contributed by atoms with Gasteiger partial charge in [-0.1, -0.05) is 6.08 Å². The molecule has 1 aliphatic rings. The maximum atomic E-state index is 11.5. The van der Waals surface area contributed by atoms with Gasteiger partial charge >= 0.3 is 5.97 Å². The standard InChI is InChI=1S/C17H21N5O2/c1-3-8-22-15-5-4-13(9-14(15)16(20-22)17(23)24)21(2)10-12-6-7-18-11-19-12/h3,6-7,11,13H,1,4-5,8-10H2,2H3,(H,23,24)/t13-/m1/s1. The van der Waals surface area contributed by atoms with Crippen LogP contribution in [-0.2, 0) is 25.9 Å². The SMILES string of the molecule is C=CCn1nc(C(=O)O)c2c1CC[C@@H](N(C)Cc1ccncn1)C2. The highest BCUT2D eigenvalue weighted by Gasteiger charge is 2.30. The van der Waals surface area contributed by atoms with Gasteiger partial charge < -0.3 is 5.11 Å². The predicted octanol–water partition coefficient (Wildman–Crippen LogP) is 1.55. The Labute approximate surface area is 140 Å². The Kier molecular flexibility index (Phi) is 4.71. The number of likely N-dealkylation sites (N-methyl/N-ethyl adjacent to an activating group) is 1. The lowest BCUT2D eigenvalue weighted by atomic mass is 9.90. The van der Waals surface area contributed by atoms with Crippen LogP contribution in [0.1, 0.15) is 33.9 Å². The molecule has 0 spiro atoms. The molecule has 0 amide bonds. The number of carbonyl (C=O) groups is 1. The summed E-state index contributed by atoms with van der Waals surface area (Å²) in [6.07, 6.45) is 7.50. The molecule has 2 heterocycles. The fourth-order valence-corrected chi connectivity index (χ4v) is 3.29. The second-order valence-corrected chi connectivity index (χ2v) is 6.06. The van der Waals surface area contributed by atoms with E-state index in [0.717, 1.165) is 29.8 Å². The van der Waals surface area contributed by atoms with Crippen molar-refractivity contribution in [3.63, 3.8) is 0 Å². The molecule has 0 bridgehead atoms. The molecule has 1 atom stereocenters. The summed E-state index contributed by atoms with van der Waals surface area (Å²) >= 11 is 0. The first-order valence-electron chi connectivity index (χ1n) is 7.98. The van der Waals surface area contributed by atoms with Crippen LogP contribution in [0.5, 0.6) is 0 Å². The van der Waals surface area contributed by atoms with E-state index in [1.807, 2.05) is 13.1 Å². The molecule has 1 N–H and O–H groups in total. The van der Waals surface area contributed by atoms with Crippen molar-refractivity contribution >= 4 is 5.97 Å². The molecule has 126 valence electrons. The van der Waals surface area contributed by atoms with Gasteiger partial charge in [-0.25, -0.2) is 14.8 Å². The molecule has 0 fully saturated rings. The summed E-state index contributed by atoms with van der Waals surface area (Å²) in [6, 6.07) is 2.17. The van der Waals surface area contributed by atoms with Crippen molar-refractivity contribution in [1.29, 1.82) is 0 Å². The van der Waals surface area contributed by atoms with Gasteiger partial charge in [0.2, 0.25) is 0 Å². The Balaban J connectivity index is 1.80. The second kappa shape index (κ2) is 6.92. The highest BCUT2D eigenvalue weighted by Crippen LogP contribution is 2.27. The fraction of sp³-hybridized carbons (Fsp3) is 0.412. The van der Waals surface area contributed by atoms with Gasteiger partial charge in [-0.05, 0) is 32.4 Å². The van der Waals surface area contributed by atoms with Gasteiger partial charge in [-0.3, -0.25) is 9.58 Å². The second-order valence-electron chi connectivity index (χ2n) is 6.06. The molecule has 0 aliphatic heterocycles. The van der Waals surface area contributed by atoms with Crippen molar-refractivity contribution in [2.24, 2.45) is 0 Å². The number of hydrogen-bond donors (Lipinski definition) is 1. The number of carboxylic acids is 1. The van der Waals surface area contributed by atoms with Crippen molar-refractivity contribution in [2.75, 3.05) is 7.05 Å². The molecule has 3 rings (SSSR count). The third-order valence-corrected chi connectivity index (χ3v) is 4.50. The first-order chi connectivity index (χ1) is 11.6. The molecule has 1 aliphatic carbocycles. The highest BCUT2D eigenvalue weighted by molar-refractivity contribution is 5.87. The molecule has 2 aromatic heterocycles. The number of allylic oxidation sites excluding steroid dienone is 1. The molecule has 0 saturated heterocycles. The first kappa shape index (κ1) is 16.3. The topological polar surface area (TPSA) is 84.1 Å². The Morgan fingerprint density at radius 3 is 3.08 bits per heavy atom. The van der Waals surface area contributed by atoms with Crippen LogP contribution in [0.3, 0.4) is 0 Å². The van der Waals surface area contributed by atoms with Crippen molar-refractivity contribution in [3.8, 4) is 0 Å². The summed E-state index contributed by atoms with van der Waals surface area (Å²) in [4.78, 5) is 21.9. The average Bonchev–Trinajstić information content (AvgIpc) is 2.94. The number of aromatic carboxylic acids is 1. The lowest BCUT2D eigenvalue weighted by Crippen LogP contribution is -2.36. The summed E-state index contributed by atoms with van der Waals surface area (Å²) in [5.41, 5.74) is 3.01. The van der Waals surface area contributed by atoms with Gasteiger partial charge in [0.25, 0.3) is 0 Å². The van der Waals surface area contributed by atoms with Crippen molar-refractivity contribution in [3.05, 3.63) is 53.9 Å². The molecular weight excluding hydrogens is 306 g/mol. The lowest BCUT2D eigenvalue weighted by Gasteiger charge is -2.31. The van der Waals surface area contributed by atoms with Crippen LogP contribution in [-0.4, -0.2) is 48.8 Å². The zero-order valence-corrected chi connectivity index (χ0v) is 13.7. The number of rotatable bonds is 6. The monoisotopic (exact) mass is 327 g/mol. The number of nitrogens with zero attached hydrogens (tertiary/aromatic N) is 5. The number of fused-ring (bicyclic) bond motifs is 1. The van der Waals surface area contributed by atoms with Gasteiger partial charge in [0, 0.05) is 30.0 Å². The third-order valence-electron chi connectivity index (χ3n) is 4.50. The highest BCUT2D eigenvalue weighted by atomic mass is 16.4. The van der Waals surface area contributed by atoms with E-state index in [1.54, 1.807) is 23.3 Å². The maximum absolute atomic E-state index is 11.5. The Morgan fingerprint density at radius 1 is 1.58 bits per heavy atom. The number of carboxylic acid groups (broad SMARTS) is 1. The van der Waals surface area contributed by atoms with Gasteiger partial charge in [-0.15, -0.1) is 6.58 Å². The zero-order valence-electron chi connectivity index (χ0n) is 13.7. The zero-order chi connectivity index (χ0) is 17.1. The summed E-state index contributed by atoms with van der Waals surface area (Å²) < 4.78 is 1.77. The van der Waals surface area contributed by atoms with Crippen LogP contribution >= 0.6 is 0 Å². The lowest BCUT2D eigenvalue weighted by molar-refractivity contribution is 0.0687. The molecular formula is C17H21N5O2. The van der Waals surface area contributed by atoms with E-state index in [1.165, 1.54) is 0 Å². The minimum atomic E-state index is -0.965. The van der Waals surface area contributed by atoms with Crippen LogP contribution in [0.4, 0.5) is 0 Å². The van der Waals surface area contributed by atoms with Crippen LogP contribution in [0.25, 0.3) is 0 Å². The van der Waals surface area contributed by atoms with E-state index in [4.69, 9.17) is 0 Å². The fourth-order valence-electron chi connectivity index (χ4n) is 3.29. The molecule has 0 saturated carbocycles. The molecule has 7 heteroatoms. The molecule has 0 unspecified atom stereocenters. The molecule has 0 aromatic carbocycles. The summed E-state index contributed by atoms with van der Waals surface area (Å²) in [5.74, 6) is -0.965.